The first-order chi connectivity index (χ1) is 11.3. The Kier molecular flexibility index (Phi) is 18.1. The zero-order valence-electron chi connectivity index (χ0n) is 15.3. The lowest BCUT2D eigenvalue weighted by Crippen LogP contribution is -1.92. The van der Waals surface area contributed by atoms with E-state index in [1.807, 2.05) is 0 Å². The molecule has 0 unspecified atom stereocenters. The maximum Gasteiger partial charge on any atom is 0.303 e. The normalized spacial score (nSPS) is 11.7. The minimum Gasteiger partial charge on any atom is -0.481 e. The van der Waals surface area contributed by atoms with Crippen molar-refractivity contribution in [2.75, 3.05) is 0 Å². The molecule has 134 valence electrons. The number of hydrogen-bond acceptors (Lipinski definition) is 1. The molecule has 0 spiro atoms. The average Bonchev–Trinajstić information content (AvgIpc) is 2.53. The van der Waals surface area contributed by atoms with Crippen molar-refractivity contribution in [1.82, 2.24) is 0 Å². The standard InChI is InChI=1S/C21H38O2/c1-2-3-4-5-6-7-8-9-10-11-12-13-14-15-16-17-18-19-20-21(22)23/h12-13,16-17H,2-11,14-15,18-20H2,1H3,(H,22,23)/b13-12+,17-16+. The van der Waals surface area contributed by atoms with Gasteiger partial charge in [-0.25, -0.2) is 0 Å². The van der Waals surface area contributed by atoms with Gasteiger partial charge >= 0.3 is 5.97 Å². The molecule has 0 fully saturated rings. The SMILES string of the molecule is CCCCCCCCCCC/C=C/CC/C=C/CCCC(=O)O. The van der Waals surface area contributed by atoms with Gasteiger partial charge in [0.25, 0.3) is 0 Å². The highest BCUT2D eigenvalue weighted by molar-refractivity contribution is 5.66. The fraction of sp³-hybridized carbons (Fsp3) is 0.762. The molecule has 1 N–H and O–H groups in total. The van der Waals surface area contributed by atoms with E-state index in [-0.39, 0.29) is 6.42 Å². The van der Waals surface area contributed by atoms with Gasteiger partial charge in [0.05, 0.1) is 0 Å². The lowest BCUT2D eigenvalue weighted by molar-refractivity contribution is -0.137. The molecule has 0 aromatic rings. The third kappa shape index (κ3) is 21.0. The summed E-state index contributed by atoms with van der Waals surface area (Å²) >= 11 is 0. The Balaban J connectivity index is 3.16. The van der Waals surface area contributed by atoms with E-state index < -0.39 is 5.97 Å². The fourth-order valence-electron chi connectivity index (χ4n) is 2.61. The molecular weight excluding hydrogens is 284 g/mol. The van der Waals surface area contributed by atoms with Gasteiger partial charge < -0.3 is 5.11 Å². The molecule has 0 radical (unpaired) electrons. The van der Waals surface area contributed by atoms with Gasteiger partial charge in [0.1, 0.15) is 0 Å². The van der Waals surface area contributed by atoms with Crippen LogP contribution in [0.3, 0.4) is 0 Å². The molecule has 0 rings (SSSR count). The Morgan fingerprint density at radius 2 is 1.09 bits per heavy atom. The topological polar surface area (TPSA) is 37.3 Å². The Morgan fingerprint density at radius 3 is 1.61 bits per heavy atom. The van der Waals surface area contributed by atoms with Crippen LogP contribution in [0.15, 0.2) is 24.3 Å². The van der Waals surface area contributed by atoms with Crippen LogP contribution in [-0.2, 0) is 4.79 Å². The molecule has 0 aromatic heterocycles. The Morgan fingerprint density at radius 1 is 0.652 bits per heavy atom. The van der Waals surface area contributed by atoms with Crippen molar-refractivity contribution in [2.45, 2.75) is 103 Å². The number of carbonyl (C=O) groups is 1. The first kappa shape index (κ1) is 21.9. The number of unbranched alkanes of at least 4 members (excludes halogenated alkanes) is 11. The maximum atomic E-state index is 10.3. The summed E-state index contributed by atoms with van der Waals surface area (Å²) in [5.74, 6) is -0.696. The maximum absolute atomic E-state index is 10.3. The van der Waals surface area contributed by atoms with Gasteiger partial charge in [-0.2, -0.15) is 0 Å². The third-order valence-corrected chi connectivity index (χ3v) is 4.07. The van der Waals surface area contributed by atoms with Gasteiger partial charge in [0.15, 0.2) is 0 Å². The van der Waals surface area contributed by atoms with E-state index in [1.165, 1.54) is 64.2 Å². The third-order valence-electron chi connectivity index (χ3n) is 4.07. The summed E-state index contributed by atoms with van der Waals surface area (Å²) in [6.45, 7) is 2.27. The van der Waals surface area contributed by atoms with Crippen molar-refractivity contribution in [3.63, 3.8) is 0 Å². The van der Waals surface area contributed by atoms with Crippen molar-refractivity contribution in [3.8, 4) is 0 Å². The molecule has 0 aromatic carbocycles. The molecule has 23 heavy (non-hydrogen) atoms. The van der Waals surface area contributed by atoms with Crippen molar-refractivity contribution in [1.29, 1.82) is 0 Å². The molecule has 2 heteroatoms. The summed E-state index contributed by atoms with van der Waals surface area (Å²) in [5.41, 5.74) is 0. The summed E-state index contributed by atoms with van der Waals surface area (Å²) in [5, 5.41) is 8.52. The van der Waals surface area contributed by atoms with E-state index in [9.17, 15) is 4.79 Å². The minimum absolute atomic E-state index is 0.281. The molecule has 0 heterocycles. The number of allylic oxidation sites excluding steroid dienone is 4. The predicted octanol–water partition coefficient (Wildman–Crippen LogP) is 7.05. The summed E-state index contributed by atoms with van der Waals surface area (Å²) in [6.07, 6.45) is 26.7. The van der Waals surface area contributed by atoms with Gasteiger partial charge in [-0.15, -0.1) is 0 Å². The first-order valence-electron chi connectivity index (χ1n) is 9.79. The number of aliphatic carboxylic acids is 1. The first-order valence-corrected chi connectivity index (χ1v) is 9.79. The van der Waals surface area contributed by atoms with Crippen molar-refractivity contribution in [2.24, 2.45) is 0 Å². The van der Waals surface area contributed by atoms with Crippen LogP contribution in [0, 0.1) is 0 Å². The Labute approximate surface area is 144 Å². The summed E-state index contributed by atoms with van der Waals surface area (Å²) in [6, 6.07) is 0. The van der Waals surface area contributed by atoms with Crippen LogP contribution in [0.25, 0.3) is 0 Å². The number of hydrogen-bond donors (Lipinski definition) is 1. The lowest BCUT2D eigenvalue weighted by atomic mass is 10.1. The molecular formula is C21H38O2. The second kappa shape index (κ2) is 19.0. The van der Waals surface area contributed by atoms with Crippen LogP contribution in [-0.4, -0.2) is 11.1 Å². The van der Waals surface area contributed by atoms with Crippen LogP contribution in [0.5, 0.6) is 0 Å². The van der Waals surface area contributed by atoms with Crippen LogP contribution in [0.4, 0.5) is 0 Å². The monoisotopic (exact) mass is 322 g/mol. The smallest absolute Gasteiger partial charge is 0.303 e. The quantitative estimate of drug-likeness (QED) is 0.230. The van der Waals surface area contributed by atoms with Crippen molar-refractivity contribution in [3.05, 3.63) is 24.3 Å². The second-order valence-corrected chi connectivity index (χ2v) is 6.42. The molecule has 0 saturated carbocycles. The fourth-order valence-corrected chi connectivity index (χ4v) is 2.61. The van der Waals surface area contributed by atoms with Crippen molar-refractivity contribution >= 4 is 5.97 Å². The van der Waals surface area contributed by atoms with Gasteiger partial charge in [-0.3, -0.25) is 4.79 Å². The van der Waals surface area contributed by atoms with Crippen LogP contribution in [0.1, 0.15) is 103 Å². The highest BCUT2D eigenvalue weighted by Gasteiger charge is 1.93. The molecule has 0 atom stereocenters. The van der Waals surface area contributed by atoms with E-state index in [0.717, 1.165) is 25.7 Å². The molecule has 0 saturated heterocycles. The van der Waals surface area contributed by atoms with E-state index in [0.29, 0.717) is 0 Å². The van der Waals surface area contributed by atoms with E-state index in [4.69, 9.17) is 5.11 Å². The summed E-state index contributed by atoms with van der Waals surface area (Å²) in [4.78, 5) is 10.3. The van der Waals surface area contributed by atoms with Crippen LogP contribution < -0.4 is 0 Å². The highest BCUT2D eigenvalue weighted by atomic mass is 16.4. The summed E-state index contributed by atoms with van der Waals surface area (Å²) in [7, 11) is 0. The van der Waals surface area contributed by atoms with E-state index in [2.05, 4.69) is 31.2 Å². The van der Waals surface area contributed by atoms with Crippen LogP contribution >= 0.6 is 0 Å². The molecule has 2 nitrogen and oxygen atoms in total. The zero-order chi connectivity index (χ0) is 17.0. The largest absolute Gasteiger partial charge is 0.481 e. The summed E-state index contributed by atoms with van der Waals surface area (Å²) < 4.78 is 0. The average molecular weight is 323 g/mol. The second-order valence-electron chi connectivity index (χ2n) is 6.42. The number of carboxylic acid groups (broad SMARTS) is 1. The lowest BCUT2D eigenvalue weighted by Gasteiger charge is -2.00. The van der Waals surface area contributed by atoms with Gasteiger partial charge in [-0.1, -0.05) is 82.6 Å². The number of carboxylic acids is 1. The van der Waals surface area contributed by atoms with E-state index in [1.54, 1.807) is 0 Å². The van der Waals surface area contributed by atoms with Crippen LogP contribution in [0.2, 0.25) is 0 Å². The molecule has 0 aliphatic rings. The molecule has 0 aliphatic heterocycles. The van der Waals surface area contributed by atoms with E-state index >= 15 is 0 Å². The van der Waals surface area contributed by atoms with Gasteiger partial charge in [0.2, 0.25) is 0 Å². The van der Waals surface area contributed by atoms with Gasteiger partial charge in [-0.05, 0) is 38.5 Å². The molecule has 0 amide bonds. The molecule has 0 bridgehead atoms. The predicted molar refractivity (Wildman–Crippen MR) is 101 cm³/mol. The van der Waals surface area contributed by atoms with Gasteiger partial charge in [0, 0.05) is 6.42 Å². The number of rotatable bonds is 17. The zero-order valence-corrected chi connectivity index (χ0v) is 15.3. The highest BCUT2D eigenvalue weighted by Crippen LogP contribution is 2.10. The Hall–Kier alpha value is -1.05. The Bertz CT molecular complexity index is 305. The minimum atomic E-state index is -0.696. The van der Waals surface area contributed by atoms with Crippen molar-refractivity contribution < 1.29 is 9.90 Å². The molecule has 0 aliphatic carbocycles.